The molecule has 1 amide bonds. The lowest BCUT2D eigenvalue weighted by atomic mass is 10.2. The maximum absolute atomic E-state index is 13.7. The number of para-hydroxylation sites is 3. The van der Waals surface area contributed by atoms with E-state index in [-0.39, 0.29) is 16.3 Å². The first-order chi connectivity index (χ1) is 18.3. The molecule has 0 spiro atoms. The summed E-state index contributed by atoms with van der Waals surface area (Å²) >= 11 is 0. The van der Waals surface area contributed by atoms with Gasteiger partial charge in [-0.1, -0.05) is 30.3 Å². The quantitative estimate of drug-likeness (QED) is 0.289. The Morgan fingerprint density at radius 2 is 1.47 bits per heavy atom. The van der Waals surface area contributed by atoms with E-state index in [1.54, 1.807) is 36.4 Å². The smallest absolute Gasteiger partial charge is 0.264 e. The first-order valence-corrected chi connectivity index (χ1v) is 12.9. The van der Waals surface area contributed by atoms with Crippen molar-refractivity contribution in [2.24, 2.45) is 0 Å². The Morgan fingerprint density at radius 3 is 2.16 bits per heavy atom. The van der Waals surface area contributed by atoms with Crippen LogP contribution < -0.4 is 23.8 Å². The van der Waals surface area contributed by atoms with Crippen LogP contribution in [0.5, 0.6) is 23.0 Å². The molecular weight excluding hydrogens is 511 g/mol. The molecule has 196 valence electrons. The summed E-state index contributed by atoms with van der Waals surface area (Å²) in [5, 5.41) is 2.72. The van der Waals surface area contributed by atoms with Crippen molar-refractivity contribution in [3.63, 3.8) is 0 Å². The third kappa shape index (κ3) is 6.04. The average molecular weight is 537 g/mol. The van der Waals surface area contributed by atoms with E-state index in [2.05, 4.69) is 5.32 Å². The molecule has 0 aromatic heterocycles. The standard InChI is InChI=1S/C28H25FN2O6S/c1-35-26-17-16-23(18-27(26)36-2)38(33,34)31(21-14-12-20(29)13-15-21)19-28(32)30-24-10-6-7-11-25(24)37-22-8-4-3-5-9-22/h3-18H,19H2,1-2H3,(H,30,32). The van der Waals surface area contributed by atoms with Crippen molar-refractivity contribution in [2.45, 2.75) is 4.90 Å². The number of carbonyl (C=O) groups is 1. The van der Waals surface area contributed by atoms with Gasteiger partial charge in [-0.25, -0.2) is 12.8 Å². The molecule has 0 aliphatic carbocycles. The minimum absolute atomic E-state index is 0.102. The zero-order valence-electron chi connectivity index (χ0n) is 20.6. The summed E-state index contributed by atoms with van der Waals surface area (Å²) in [5.41, 5.74) is 0.453. The Bertz CT molecular complexity index is 1510. The molecule has 0 saturated heterocycles. The number of amides is 1. The van der Waals surface area contributed by atoms with Crippen LogP contribution in [0.15, 0.2) is 102 Å². The lowest BCUT2D eigenvalue weighted by molar-refractivity contribution is -0.114. The Balaban J connectivity index is 1.65. The number of sulfonamides is 1. The highest BCUT2D eigenvalue weighted by molar-refractivity contribution is 7.92. The summed E-state index contributed by atoms with van der Waals surface area (Å²) in [7, 11) is -1.47. The topological polar surface area (TPSA) is 94.2 Å². The molecule has 4 aromatic carbocycles. The van der Waals surface area contributed by atoms with Crippen molar-refractivity contribution < 1.29 is 31.8 Å². The molecule has 8 nitrogen and oxygen atoms in total. The van der Waals surface area contributed by atoms with E-state index in [1.165, 1.54) is 44.6 Å². The first kappa shape index (κ1) is 26.5. The summed E-state index contributed by atoms with van der Waals surface area (Å²) in [4.78, 5) is 13.0. The van der Waals surface area contributed by atoms with Crippen LogP contribution in [-0.4, -0.2) is 35.1 Å². The molecule has 0 unspecified atom stereocenters. The lowest BCUT2D eigenvalue weighted by Crippen LogP contribution is -2.38. The van der Waals surface area contributed by atoms with E-state index in [0.29, 0.717) is 22.9 Å². The van der Waals surface area contributed by atoms with Crippen molar-refractivity contribution >= 4 is 27.3 Å². The molecule has 4 rings (SSSR count). The van der Waals surface area contributed by atoms with Crippen LogP contribution in [0.4, 0.5) is 15.8 Å². The summed E-state index contributed by atoms with van der Waals surface area (Å²) in [6.45, 7) is -0.595. The van der Waals surface area contributed by atoms with Crippen LogP contribution in [-0.2, 0) is 14.8 Å². The van der Waals surface area contributed by atoms with Gasteiger partial charge in [0.15, 0.2) is 17.2 Å². The maximum Gasteiger partial charge on any atom is 0.264 e. The summed E-state index contributed by atoms with van der Waals surface area (Å²) < 4.78 is 58.3. The van der Waals surface area contributed by atoms with Gasteiger partial charge in [0.2, 0.25) is 5.91 Å². The predicted molar refractivity (Wildman–Crippen MR) is 142 cm³/mol. The summed E-state index contributed by atoms with van der Waals surface area (Å²) in [6.07, 6.45) is 0. The fraction of sp³-hybridized carbons (Fsp3) is 0.107. The van der Waals surface area contributed by atoms with E-state index in [4.69, 9.17) is 14.2 Å². The number of nitrogens with zero attached hydrogens (tertiary/aromatic N) is 1. The third-order valence-corrected chi connectivity index (χ3v) is 7.25. The fourth-order valence-corrected chi connectivity index (χ4v) is 5.06. The van der Waals surface area contributed by atoms with Gasteiger partial charge in [-0.3, -0.25) is 9.10 Å². The van der Waals surface area contributed by atoms with Gasteiger partial charge in [-0.15, -0.1) is 0 Å². The highest BCUT2D eigenvalue weighted by Gasteiger charge is 2.29. The van der Waals surface area contributed by atoms with Gasteiger partial charge in [-0.05, 0) is 60.7 Å². The number of rotatable bonds is 10. The zero-order chi connectivity index (χ0) is 27.1. The minimum Gasteiger partial charge on any atom is -0.493 e. The highest BCUT2D eigenvalue weighted by Crippen LogP contribution is 2.33. The van der Waals surface area contributed by atoms with Crippen LogP contribution in [0.2, 0.25) is 0 Å². The second-order valence-electron chi connectivity index (χ2n) is 7.96. The van der Waals surface area contributed by atoms with E-state index < -0.39 is 28.3 Å². The Kier molecular flexibility index (Phi) is 8.12. The second-order valence-corrected chi connectivity index (χ2v) is 9.83. The molecule has 0 heterocycles. The van der Waals surface area contributed by atoms with Gasteiger partial charge >= 0.3 is 0 Å². The second kappa shape index (κ2) is 11.7. The summed E-state index contributed by atoms with van der Waals surface area (Å²) in [5.74, 6) is 0.300. The molecule has 0 aliphatic rings. The summed E-state index contributed by atoms with van der Waals surface area (Å²) in [6, 6.07) is 24.7. The number of hydrogen-bond donors (Lipinski definition) is 1. The molecule has 0 radical (unpaired) electrons. The van der Waals surface area contributed by atoms with Crippen molar-refractivity contribution in [3.8, 4) is 23.0 Å². The van der Waals surface area contributed by atoms with Crippen molar-refractivity contribution in [1.82, 2.24) is 0 Å². The highest BCUT2D eigenvalue weighted by atomic mass is 32.2. The fourth-order valence-electron chi connectivity index (χ4n) is 3.62. The lowest BCUT2D eigenvalue weighted by Gasteiger charge is -2.24. The van der Waals surface area contributed by atoms with Crippen LogP contribution >= 0.6 is 0 Å². The van der Waals surface area contributed by atoms with Crippen molar-refractivity contribution in [1.29, 1.82) is 0 Å². The molecule has 0 aliphatic heterocycles. The first-order valence-electron chi connectivity index (χ1n) is 11.4. The SMILES string of the molecule is COc1ccc(S(=O)(=O)N(CC(=O)Nc2ccccc2Oc2ccccc2)c2ccc(F)cc2)cc1OC. The number of hydrogen-bond acceptors (Lipinski definition) is 6. The van der Waals surface area contributed by atoms with Gasteiger partial charge in [0, 0.05) is 6.07 Å². The average Bonchev–Trinajstić information content (AvgIpc) is 2.93. The normalized spacial score (nSPS) is 10.9. The van der Waals surface area contributed by atoms with Crippen molar-refractivity contribution in [3.05, 3.63) is 103 Å². The maximum atomic E-state index is 13.7. The minimum atomic E-state index is -4.29. The number of ether oxygens (including phenoxy) is 3. The van der Waals surface area contributed by atoms with E-state index in [9.17, 15) is 17.6 Å². The number of carbonyl (C=O) groups excluding carboxylic acids is 1. The third-order valence-electron chi connectivity index (χ3n) is 5.48. The Labute approximate surface area is 220 Å². The monoisotopic (exact) mass is 536 g/mol. The van der Waals surface area contributed by atoms with Crippen molar-refractivity contribution in [2.75, 3.05) is 30.4 Å². The molecule has 0 bridgehead atoms. The van der Waals surface area contributed by atoms with Gasteiger partial charge in [0.05, 0.1) is 30.5 Å². The molecule has 4 aromatic rings. The molecule has 10 heteroatoms. The van der Waals surface area contributed by atoms with Gasteiger partial charge in [0.1, 0.15) is 18.1 Å². The van der Waals surface area contributed by atoms with E-state index in [1.807, 2.05) is 18.2 Å². The van der Waals surface area contributed by atoms with Crippen LogP contribution in [0.3, 0.4) is 0 Å². The number of halogens is 1. The molecular formula is C28H25FN2O6S. The van der Waals surface area contributed by atoms with Crippen LogP contribution in [0.1, 0.15) is 0 Å². The Morgan fingerprint density at radius 1 is 0.816 bits per heavy atom. The van der Waals surface area contributed by atoms with E-state index >= 15 is 0 Å². The molecule has 0 fully saturated rings. The van der Waals surface area contributed by atoms with Gasteiger partial charge in [-0.2, -0.15) is 0 Å². The number of nitrogens with one attached hydrogen (secondary N) is 1. The number of anilines is 2. The molecule has 38 heavy (non-hydrogen) atoms. The Hall–Kier alpha value is -4.57. The van der Waals surface area contributed by atoms with Crippen LogP contribution in [0.25, 0.3) is 0 Å². The zero-order valence-corrected chi connectivity index (χ0v) is 21.4. The number of benzene rings is 4. The van der Waals surface area contributed by atoms with Gasteiger partial charge in [0.25, 0.3) is 10.0 Å². The molecule has 0 atom stereocenters. The van der Waals surface area contributed by atoms with Gasteiger partial charge < -0.3 is 19.5 Å². The number of methoxy groups -OCH3 is 2. The molecule has 1 N–H and O–H groups in total. The largest absolute Gasteiger partial charge is 0.493 e. The van der Waals surface area contributed by atoms with Crippen LogP contribution in [0, 0.1) is 5.82 Å². The van der Waals surface area contributed by atoms with E-state index in [0.717, 1.165) is 16.4 Å². The predicted octanol–water partition coefficient (Wildman–Crippen LogP) is 5.47. The molecule has 0 saturated carbocycles.